The molecule has 0 aromatic carbocycles. The fourth-order valence-corrected chi connectivity index (χ4v) is 1.22. The van der Waals surface area contributed by atoms with Gasteiger partial charge in [0, 0.05) is 30.7 Å². The molecule has 5 heteroatoms. The first kappa shape index (κ1) is 10.8. The van der Waals surface area contributed by atoms with Crippen molar-refractivity contribution in [3.8, 4) is 0 Å². The van der Waals surface area contributed by atoms with Gasteiger partial charge in [0.2, 0.25) is 0 Å². The molecule has 0 unspecified atom stereocenters. The summed E-state index contributed by atoms with van der Waals surface area (Å²) in [5.41, 5.74) is 1.14. The zero-order valence-electron chi connectivity index (χ0n) is 7.82. The van der Waals surface area contributed by atoms with Crippen LogP contribution in [0.4, 0.5) is 14.5 Å². The van der Waals surface area contributed by atoms with E-state index in [1.807, 2.05) is 0 Å². The van der Waals surface area contributed by atoms with E-state index in [4.69, 9.17) is 5.11 Å². The van der Waals surface area contributed by atoms with Gasteiger partial charge in [-0.3, -0.25) is 4.98 Å². The second kappa shape index (κ2) is 4.85. The lowest BCUT2D eigenvalue weighted by atomic mass is 10.2. The number of aliphatic hydroxyl groups excluding tert-OH is 1. The Labute approximate surface area is 81.0 Å². The van der Waals surface area contributed by atoms with Crippen LogP contribution < -0.4 is 4.90 Å². The van der Waals surface area contributed by atoms with Crippen molar-refractivity contribution in [2.75, 3.05) is 18.5 Å². The topological polar surface area (TPSA) is 36.4 Å². The highest BCUT2D eigenvalue weighted by atomic mass is 19.3. The summed E-state index contributed by atoms with van der Waals surface area (Å²) in [5, 5.41) is 8.95. The standard InChI is InChI=1S/C9H12F2N2O/c1-13(5-9(10)11)8-2-3-12-4-7(8)6-14/h2-4,9,14H,5-6H2,1H3. The molecule has 78 valence electrons. The van der Waals surface area contributed by atoms with E-state index in [9.17, 15) is 8.78 Å². The summed E-state index contributed by atoms with van der Waals surface area (Å²) in [6, 6.07) is 1.61. The van der Waals surface area contributed by atoms with Crippen molar-refractivity contribution in [1.82, 2.24) is 4.98 Å². The molecule has 1 aromatic rings. The lowest BCUT2D eigenvalue weighted by molar-refractivity contribution is 0.156. The van der Waals surface area contributed by atoms with Crippen molar-refractivity contribution < 1.29 is 13.9 Å². The van der Waals surface area contributed by atoms with Gasteiger partial charge in [0.15, 0.2) is 0 Å². The first-order valence-corrected chi connectivity index (χ1v) is 4.18. The van der Waals surface area contributed by atoms with Crippen LogP contribution in [0, 0.1) is 0 Å². The Bertz CT molecular complexity index is 294. The number of halogens is 2. The average molecular weight is 202 g/mol. The summed E-state index contributed by atoms with van der Waals surface area (Å²) in [7, 11) is 1.56. The van der Waals surface area contributed by atoms with Crippen LogP contribution in [-0.2, 0) is 6.61 Å². The summed E-state index contributed by atoms with van der Waals surface area (Å²) < 4.78 is 24.2. The highest BCUT2D eigenvalue weighted by Crippen LogP contribution is 2.18. The number of rotatable bonds is 4. The van der Waals surface area contributed by atoms with Crippen molar-refractivity contribution >= 4 is 5.69 Å². The Morgan fingerprint density at radius 3 is 2.86 bits per heavy atom. The summed E-state index contributed by atoms with van der Waals surface area (Å²) in [6.07, 6.45) is 0.591. The van der Waals surface area contributed by atoms with Crippen LogP contribution in [0.1, 0.15) is 5.56 Å². The quantitative estimate of drug-likeness (QED) is 0.798. The largest absolute Gasteiger partial charge is 0.392 e. The zero-order chi connectivity index (χ0) is 10.6. The van der Waals surface area contributed by atoms with Crippen LogP contribution in [0.2, 0.25) is 0 Å². The molecule has 0 bridgehead atoms. The maximum atomic E-state index is 12.1. The van der Waals surface area contributed by atoms with E-state index >= 15 is 0 Å². The van der Waals surface area contributed by atoms with Crippen molar-refractivity contribution in [2.45, 2.75) is 13.0 Å². The Kier molecular flexibility index (Phi) is 3.76. The Morgan fingerprint density at radius 2 is 2.29 bits per heavy atom. The van der Waals surface area contributed by atoms with Crippen LogP contribution >= 0.6 is 0 Å². The summed E-state index contributed by atoms with van der Waals surface area (Å²) >= 11 is 0. The molecule has 1 N–H and O–H groups in total. The normalized spacial score (nSPS) is 10.6. The number of pyridine rings is 1. The number of anilines is 1. The van der Waals surface area contributed by atoms with Crippen LogP contribution in [0.15, 0.2) is 18.5 Å². The minimum absolute atomic E-state index is 0.198. The second-order valence-corrected chi connectivity index (χ2v) is 2.93. The van der Waals surface area contributed by atoms with Crippen LogP contribution in [0.5, 0.6) is 0 Å². The zero-order valence-corrected chi connectivity index (χ0v) is 7.82. The number of alkyl halides is 2. The van der Waals surface area contributed by atoms with E-state index in [0.29, 0.717) is 11.3 Å². The van der Waals surface area contributed by atoms with Gasteiger partial charge in [-0.15, -0.1) is 0 Å². The van der Waals surface area contributed by atoms with Gasteiger partial charge in [0.1, 0.15) is 0 Å². The van der Waals surface area contributed by atoms with E-state index in [-0.39, 0.29) is 13.2 Å². The fourth-order valence-electron chi connectivity index (χ4n) is 1.22. The maximum Gasteiger partial charge on any atom is 0.255 e. The van der Waals surface area contributed by atoms with Crippen LogP contribution in [-0.4, -0.2) is 30.1 Å². The lowest BCUT2D eigenvalue weighted by Crippen LogP contribution is -2.25. The maximum absolute atomic E-state index is 12.1. The predicted molar refractivity (Wildman–Crippen MR) is 49.4 cm³/mol. The molecule has 0 amide bonds. The third-order valence-corrected chi connectivity index (χ3v) is 1.87. The smallest absolute Gasteiger partial charge is 0.255 e. The van der Waals surface area contributed by atoms with Gasteiger partial charge in [-0.05, 0) is 6.07 Å². The van der Waals surface area contributed by atoms with Gasteiger partial charge in [0.25, 0.3) is 6.43 Å². The Balaban J connectivity index is 2.82. The van der Waals surface area contributed by atoms with Crippen LogP contribution in [0.3, 0.4) is 0 Å². The van der Waals surface area contributed by atoms with Gasteiger partial charge in [-0.2, -0.15) is 0 Å². The molecule has 0 aliphatic carbocycles. The average Bonchev–Trinajstić information content (AvgIpc) is 2.16. The van der Waals surface area contributed by atoms with Crippen LogP contribution in [0.25, 0.3) is 0 Å². The van der Waals surface area contributed by atoms with Crippen molar-refractivity contribution in [3.05, 3.63) is 24.0 Å². The molecule has 3 nitrogen and oxygen atoms in total. The third kappa shape index (κ3) is 2.63. The number of hydrogen-bond donors (Lipinski definition) is 1. The van der Waals surface area contributed by atoms with Gasteiger partial charge in [-0.25, -0.2) is 8.78 Å². The number of aromatic nitrogens is 1. The molecule has 0 atom stereocenters. The summed E-state index contributed by atoms with van der Waals surface area (Å²) in [5.74, 6) is 0. The first-order chi connectivity index (χ1) is 6.65. The molecule has 0 spiro atoms. The number of nitrogens with zero attached hydrogens (tertiary/aromatic N) is 2. The highest BCUT2D eigenvalue weighted by molar-refractivity contribution is 5.51. The van der Waals surface area contributed by atoms with Gasteiger partial charge in [-0.1, -0.05) is 0 Å². The van der Waals surface area contributed by atoms with E-state index in [0.717, 1.165) is 0 Å². The van der Waals surface area contributed by atoms with Gasteiger partial charge in [0.05, 0.1) is 13.2 Å². The first-order valence-electron chi connectivity index (χ1n) is 4.18. The molecule has 0 aliphatic heterocycles. The summed E-state index contributed by atoms with van der Waals surface area (Å²) in [6.45, 7) is -0.548. The molecule has 0 fully saturated rings. The van der Waals surface area contributed by atoms with E-state index in [1.54, 1.807) is 13.1 Å². The molecule has 0 saturated heterocycles. The second-order valence-electron chi connectivity index (χ2n) is 2.93. The number of aliphatic hydroxyl groups is 1. The van der Waals surface area contributed by atoms with Crippen molar-refractivity contribution in [2.24, 2.45) is 0 Å². The van der Waals surface area contributed by atoms with Crippen molar-refractivity contribution in [1.29, 1.82) is 0 Å². The predicted octanol–water partition coefficient (Wildman–Crippen LogP) is 1.28. The molecule has 1 aromatic heterocycles. The molecule has 1 rings (SSSR count). The Hall–Kier alpha value is -1.23. The molecule has 0 saturated carbocycles. The highest BCUT2D eigenvalue weighted by Gasteiger charge is 2.11. The molecular formula is C9H12F2N2O. The molecule has 1 heterocycles. The van der Waals surface area contributed by atoms with Gasteiger partial charge < -0.3 is 10.0 Å². The molecular weight excluding hydrogens is 190 g/mol. The van der Waals surface area contributed by atoms with E-state index in [2.05, 4.69) is 4.98 Å². The number of hydrogen-bond acceptors (Lipinski definition) is 3. The van der Waals surface area contributed by atoms with E-state index in [1.165, 1.54) is 17.3 Å². The van der Waals surface area contributed by atoms with Crippen molar-refractivity contribution in [3.63, 3.8) is 0 Å². The molecule has 0 aliphatic rings. The molecule has 0 radical (unpaired) electrons. The minimum Gasteiger partial charge on any atom is -0.392 e. The van der Waals surface area contributed by atoms with Gasteiger partial charge >= 0.3 is 0 Å². The Morgan fingerprint density at radius 1 is 1.57 bits per heavy atom. The lowest BCUT2D eigenvalue weighted by Gasteiger charge is -2.20. The fraction of sp³-hybridized carbons (Fsp3) is 0.444. The SMILES string of the molecule is CN(CC(F)F)c1ccncc1CO. The summed E-state index contributed by atoms with van der Waals surface area (Å²) in [4.78, 5) is 5.20. The monoisotopic (exact) mass is 202 g/mol. The molecule has 14 heavy (non-hydrogen) atoms. The minimum atomic E-state index is -2.39. The van der Waals surface area contributed by atoms with E-state index < -0.39 is 6.43 Å². The third-order valence-electron chi connectivity index (χ3n) is 1.87.